The number of amidine groups is 1. The van der Waals surface area contributed by atoms with Gasteiger partial charge < -0.3 is 4.90 Å². The van der Waals surface area contributed by atoms with Crippen LogP contribution in [-0.4, -0.2) is 34.7 Å². The zero-order valence-corrected chi connectivity index (χ0v) is 10.6. The number of carbonyl (C=O) groups excluding carboxylic acids is 1. The van der Waals surface area contributed by atoms with E-state index in [0.29, 0.717) is 11.7 Å². The summed E-state index contributed by atoms with van der Waals surface area (Å²) in [7, 11) is 0. The van der Waals surface area contributed by atoms with Gasteiger partial charge in [0.1, 0.15) is 0 Å². The summed E-state index contributed by atoms with van der Waals surface area (Å²) in [6.45, 7) is 0.529. The van der Waals surface area contributed by atoms with Crippen LogP contribution in [0.4, 0.5) is 13.2 Å². The van der Waals surface area contributed by atoms with E-state index in [1.807, 2.05) is 0 Å². The first-order valence-corrected chi connectivity index (χ1v) is 6.53. The highest BCUT2D eigenvalue weighted by atomic mass is 32.2. The summed E-state index contributed by atoms with van der Waals surface area (Å²) in [5.41, 5.74) is -0.802. The fourth-order valence-corrected chi connectivity index (χ4v) is 2.57. The lowest BCUT2D eigenvalue weighted by Crippen LogP contribution is -2.30. The van der Waals surface area contributed by atoms with E-state index in [9.17, 15) is 18.0 Å². The molecule has 0 spiro atoms. The van der Waals surface area contributed by atoms with E-state index in [0.717, 1.165) is 17.9 Å². The predicted octanol–water partition coefficient (Wildman–Crippen LogP) is 2.87. The molecule has 1 aliphatic rings. The van der Waals surface area contributed by atoms with Gasteiger partial charge >= 0.3 is 6.18 Å². The molecule has 0 amide bonds. The highest BCUT2D eigenvalue weighted by molar-refractivity contribution is 8.14. The number of hydrogen-bond acceptors (Lipinski definition) is 3. The summed E-state index contributed by atoms with van der Waals surface area (Å²) in [6.07, 6.45) is -4.45. The lowest BCUT2D eigenvalue weighted by atomic mass is 10.1. The fourth-order valence-electron chi connectivity index (χ4n) is 1.73. The SMILES string of the molecule is N=C1SCCN1CC(=O)c1cccc(C(F)(F)F)c1. The monoisotopic (exact) mass is 288 g/mol. The maximum atomic E-state index is 12.5. The number of ketones is 1. The van der Waals surface area contributed by atoms with Crippen molar-refractivity contribution in [3.8, 4) is 0 Å². The summed E-state index contributed by atoms with van der Waals surface area (Å²) in [5, 5.41) is 7.85. The number of alkyl halides is 3. The van der Waals surface area contributed by atoms with Crippen LogP contribution in [0.2, 0.25) is 0 Å². The van der Waals surface area contributed by atoms with E-state index in [1.54, 1.807) is 4.90 Å². The van der Waals surface area contributed by atoms with Crippen LogP contribution in [0.25, 0.3) is 0 Å². The molecule has 1 aliphatic heterocycles. The van der Waals surface area contributed by atoms with Crippen LogP contribution in [0.5, 0.6) is 0 Å². The van der Waals surface area contributed by atoms with Gasteiger partial charge in [-0.1, -0.05) is 23.9 Å². The highest BCUT2D eigenvalue weighted by Gasteiger charge is 2.31. The molecule has 0 aliphatic carbocycles. The Kier molecular flexibility index (Phi) is 3.84. The van der Waals surface area contributed by atoms with Crippen molar-refractivity contribution in [2.75, 3.05) is 18.8 Å². The fraction of sp³-hybridized carbons (Fsp3) is 0.333. The molecule has 0 bridgehead atoms. The molecule has 1 aromatic rings. The highest BCUT2D eigenvalue weighted by Crippen LogP contribution is 2.29. The topological polar surface area (TPSA) is 44.2 Å². The van der Waals surface area contributed by atoms with E-state index in [-0.39, 0.29) is 12.1 Å². The van der Waals surface area contributed by atoms with E-state index >= 15 is 0 Å². The molecule has 102 valence electrons. The third-order valence-electron chi connectivity index (χ3n) is 2.73. The van der Waals surface area contributed by atoms with Crippen LogP contribution in [0.1, 0.15) is 15.9 Å². The van der Waals surface area contributed by atoms with E-state index < -0.39 is 17.5 Å². The molecule has 19 heavy (non-hydrogen) atoms. The molecule has 1 saturated heterocycles. The lowest BCUT2D eigenvalue weighted by molar-refractivity contribution is -0.137. The molecule has 0 atom stereocenters. The van der Waals surface area contributed by atoms with Gasteiger partial charge in [-0.15, -0.1) is 0 Å². The zero-order chi connectivity index (χ0) is 14.0. The maximum absolute atomic E-state index is 12.5. The van der Waals surface area contributed by atoms with Crippen LogP contribution in [0.3, 0.4) is 0 Å². The minimum Gasteiger partial charge on any atom is -0.343 e. The Balaban J connectivity index is 2.13. The Morgan fingerprint density at radius 2 is 2.16 bits per heavy atom. The van der Waals surface area contributed by atoms with Crippen molar-refractivity contribution in [3.63, 3.8) is 0 Å². The Morgan fingerprint density at radius 1 is 1.42 bits per heavy atom. The van der Waals surface area contributed by atoms with E-state index in [1.165, 1.54) is 23.9 Å². The first-order valence-electron chi connectivity index (χ1n) is 5.54. The summed E-state index contributed by atoms with van der Waals surface area (Å²) in [4.78, 5) is 13.5. The van der Waals surface area contributed by atoms with E-state index in [4.69, 9.17) is 5.41 Å². The van der Waals surface area contributed by atoms with Crippen molar-refractivity contribution in [3.05, 3.63) is 35.4 Å². The van der Waals surface area contributed by atoms with Crippen LogP contribution in [-0.2, 0) is 6.18 Å². The van der Waals surface area contributed by atoms with Gasteiger partial charge in [-0.05, 0) is 12.1 Å². The molecule has 0 saturated carbocycles. The number of nitrogens with zero attached hydrogens (tertiary/aromatic N) is 1. The van der Waals surface area contributed by atoms with Crippen LogP contribution < -0.4 is 0 Å². The van der Waals surface area contributed by atoms with E-state index in [2.05, 4.69) is 0 Å². The molecular formula is C12H11F3N2OS. The maximum Gasteiger partial charge on any atom is 0.416 e. The van der Waals surface area contributed by atoms with Gasteiger partial charge in [0.25, 0.3) is 0 Å². The van der Waals surface area contributed by atoms with Crippen LogP contribution in [0, 0.1) is 5.41 Å². The number of carbonyl (C=O) groups is 1. The third-order valence-corrected chi connectivity index (χ3v) is 3.65. The molecule has 7 heteroatoms. The molecular weight excluding hydrogens is 277 g/mol. The summed E-state index contributed by atoms with van der Waals surface area (Å²) in [6, 6.07) is 4.38. The Hall–Kier alpha value is -1.50. The molecule has 0 unspecified atom stereocenters. The lowest BCUT2D eigenvalue weighted by Gasteiger charge is -2.15. The Bertz CT molecular complexity index is 516. The van der Waals surface area contributed by atoms with Crippen molar-refractivity contribution in [2.45, 2.75) is 6.18 Å². The number of hydrogen-bond donors (Lipinski definition) is 1. The minimum absolute atomic E-state index is 0.0273. The number of nitrogens with one attached hydrogen (secondary N) is 1. The number of rotatable bonds is 3. The van der Waals surface area contributed by atoms with Gasteiger partial charge in [-0.2, -0.15) is 13.2 Å². The van der Waals surface area contributed by atoms with Gasteiger partial charge in [-0.25, -0.2) is 0 Å². The van der Waals surface area contributed by atoms with Gasteiger partial charge in [0.2, 0.25) is 0 Å². The van der Waals surface area contributed by atoms with Gasteiger partial charge in [-0.3, -0.25) is 10.2 Å². The first-order chi connectivity index (χ1) is 8.88. The summed E-state index contributed by atoms with van der Waals surface area (Å²) >= 11 is 1.33. The van der Waals surface area contributed by atoms with Gasteiger partial charge in [0.05, 0.1) is 12.1 Å². The Morgan fingerprint density at radius 3 is 2.74 bits per heavy atom. The molecule has 2 rings (SSSR count). The largest absolute Gasteiger partial charge is 0.416 e. The zero-order valence-electron chi connectivity index (χ0n) is 9.83. The second kappa shape index (κ2) is 5.24. The molecule has 0 aromatic heterocycles. The second-order valence-corrected chi connectivity index (χ2v) is 5.16. The number of benzene rings is 1. The van der Waals surface area contributed by atoms with Crippen molar-refractivity contribution in [1.82, 2.24) is 4.90 Å². The molecule has 1 fully saturated rings. The van der Waals surface area contributed by atoms with Crippen molar-refractivity contribution in [1.29, 1.82) is 5.41 Å². The molecule has 1 aromatic carbocycles. The smallest absolute Gasteiger partial charge is 0.343 e. The predicted molar refractivity (Wildman–Crippen MR) is 67.5 cm³/mol. The molecule has 0 radical (unpaired) electrons. The average molecular weight is 288 g/mol. The summed E-state index contributed by atoms with van der Waals surface area (Å²) < 4.78 is 37.6. The van der Waals surface area contributed by atoms with Gasteiger partial charge in [0.15, 0.2) is 11.0 Å². The number of Topliss-reactive ketones (excluding diaryl/α,β-unsaturated/α-hetero) is 1. The van der Waals surface area contributed by atoms with Crippen LogP contribution in [0.15, 0.2) is 24.3 Å². The molecule has 1 N–H and O–H groups in total. The van der Waals surface area contributed by atoms with Crippen LogP contribution >= 0.6 is 11.8 Å². The standard InChI is InChI=1S/C12H11F3N2OS/c13-12(14,15)9-3-1-2-8(6-9)10(18)7-17-4-5-19-11(17)16/h1-3,6,16H,4-5,7H2. The minimum atomic E-state index is -4.45. The molecule has 3 nitrogen and oxygen atoms in total. The molecule has 1 heterocycles. The van der Waals surface area contributed by atoms with Crippen molar-refractivity contribution in [2.24, 2.45) is 0 Å². The third kappa shape index (κ3) is 3.28. The van der Waals surface area contributed by atoms with Gasteiger partial charge in [0, 0.05) is 17.9 Å². The average Bonchev–Trinajstić information content (AvgIpc) is 2.74. The quantitative estimate of drug-likeness (QED) is 0.870. The second-order valence-electron chi connectivity index (χ2n) is 4.08. The van der Waals surface area contributed by atoms with Crippen molar-refractivity contribution >= 4 is 22.7 Å². The number of halogens is 3. The normalized spacial score (nSPS) is 15.9. The first kappa shape index (κ1) is 13.9. The van der Waals surface area contributed by atoms with Crippen molar-refractivity contribution < 1.29 is 18.0 Å². The Labute approximate surface area is 112 Å². The number of thioether (sulfide) groups is 1. The summed E-state index contributed by atoms with van der Waals surface area (Å²) in [5.74, 6) is 0.327.